The monoisotopic (exact) mass is 289 g/mol. The van der Waals surface area contributed by atoms with Crippen molar-refractivity contribution in [3.63, 3.8) is 0 Å². The molecule has 1 N–H and O–H groups in total. The summed E-state index contributed by atoms with van der Waals surface area (Å²) in [7, 11) is 1.68. The molecule has 0 unspecified atom stereocenters. The van der Waals surface area contributed by atoms with Crippen LogP contribution in [-0.2, 0) is 0 Å². The van der Waals surface area contributed by atoms with E-state index in [4.69, 9.17) is 4.74 Å². The molecule has 0 aliphatic heterocycles. The Kier molecular flexibility index (Phi) is 5.66. The van der Waals surface area contributed by atoms with Gasteiger partial charge in [-0.2, -0.15) is 0 Å². The van der Waals surface area contributed by atoms with Gasteiger partial charge < -0.3 is 10.1 Å². The summed E-state index contributed by atoms with van der Waals surface area (Å²) in [4.78, 5) is 12.2. The van der Waals surface area contributed by atoms with E-state index in [0.29, 0.717) is 18.4 Å². The number of carbonyl (C=O) groups is 1. The van der Waals surface area contributed by atoms with Gasteiger partial charge in [-0.15, -0.1) is 0 Å². The standard InChI is InChI=1S/C18H27NO2/c1-13(2)11-17(20)14-9-10-18(21-3)16(12-14)19-15-7-5-4-6-8-15/h9-10,12-13,15,19H,4-8,11H2,1-3H3. The third-order valence-corrected chi connectivity index (χ3v) is 4.08. The molecule has 0 radical (unpaired) electrons. The number of ether oxygens (including phenoxy) is 1. The zero-order valence-corrected chi connectivity index (χ0v) is 13.4. The Hall–Kier alpha value is -1.51. The van der Waals surface area contributed by atoms with Gasteiger partial charge in [-0.05, 0) is 37.0 Å². The first-order chi connectivity index (χ1) is 10.1. The van der Waals surface area contributed by atoms with Crippen LogP contribution in [0.5, 0.6) is 5.75 Å². The predicted molar refractivity (Wildman–Crippen MR) is 87.3 cm³/mol. The second-order valence-corrected chi connectivity index (χ2v) is 6.42. The average Bonchev–Trinajstić information content (AvgIpc) is 2.47. The number of benzene rings is 1. The van der Waals surface area contributed by atoms with Gasteiger partial charge in [-0.3, -0.25) is 4.79 Å². The van der Waals surface area contributed by atoms with Crippen LogP contribution in [0.4, 0.5) is 5.69 Å². The number of hydrogen-bond donors (Lipinski definition) is 1. The maximum absolute atomic E-state index is 12.2. The second-order valence-electron chi connectivity index (χ2n) is 6.42. The van der Waals surface area contributed by atoms with Crippen molar-refractivity contribution in [3.8, 4) is 5.75 Å². The van der Waals surface area contributed by atoms with Crippen LogP contribution in [0.25, 0.3) is 0 Å². The van der Waals surface area contributed by atoms with Crippen LogP contribution in [0.1, 0.15) is 62.7 Å². The number of carbonyl (C=O) groups excluding carboxylic acids is 1. The summed E-state index contributed by atoms with van der Waals surface area (Å²) in [6.07, 6.45) is 6.90. The molecule has 3 nitrogen and oxygen atoms in total. The summed E-state index contributed by atoms with van der Waals surface area (Å²) in [6.45, 7) is 4.14. The van der Waals surface area contributed by atoms with Crippen molar-refractivity contribution in [2.75, 3.05) is 12.4 Å². The van der Waals surface area contributed by atoms with Crippen LogP contribution in [0.15, 0.2) is 18.2 Å². The van der Waals surface area contributed by atoms with E-state index in [1.807, 2.05) is 18.2 Å². The lowest BCUT2D eigenvalue weighted by Crippen LogP contribution is -2.22. The highest BCUT2D eigenvalue weighted by Gasteiger charge is 2.17. The fourth-order valence-corrected chi connectivity index (χ4v) is 2.95. The molecule has 1 aliphatic rings. The van der Waals surface area contributed by atoms with Gasteiger partial charge in [-0.1, -0.05) is 33.1 Å². The largest absolute Gasteiger partial charge is 0.495 e. The number of hydrogen-bond acceptors (Lipinski definition) is 3. The Morgan fingerprint density at radius 3 is 2.62 bits per heavy atom. The summed E-state index contributed by atoms with van der Waals surface area (Å²) >= 11 is 0. The Bertz CT molecular complexity index is 476. The summed E-state index contributed by atoms with van der Waals surface area (Å²) in [5, 5.41) is 3.57. The Balaban J connectivity index is 2.15. The Morgan fingerprint density at radius 2 is 2.00 bits per heavy atom. The second kappa shape index (κ2) is 7.48. The quantitative estimate of drug-likeness (QED) is 0.773. The molecule has 21 heavy (non-hydrogen) atoms. The van der Waals surface area contributed by atoms with Gasteiger partial charge in [0.05, 0.1) is 12.8 Å². The zero-order valence-electron chi connectivity index (χ0n) is 13.4. The molecule has 0 atom stereocenters. The highest BCUT2D eigenvalue weighted by molar-refractivity contribution is 5.97. The van der Waals surface area contributed by atoms with Gasteiger partial charge in [0.2, 0.25) is 0 Å². The van der Waals surface area contributed by atoms with E-state index in [9.17, 15) is 4.79 Å². The molecule has 3 heteroatoms. The number of rotatable bonds is 6. The smallest absolute Gasteiger partial charge is 0.163 e. The fraction of sp³-hybridized carbons (Fsp3) is 0.611. The maximum Gasteiger partial charge on any atom is 0.163 e. The lowest BCUT2D eigenvalue weighted by Gasteiger charge is -2.25. The molecule has 1 fully saturated rings. The zero-order chi connectivity index (χ0) is 15.2. The fourth-order valence-electron chi connectivity index (χ4n) is 2.95. The van der Waals surface area contributed by atoms with E-state index in [2.05, 4.69) is 19.2 Å². The highest BCUT2D eigenvalue weighted by Crippen LogP contribution is 2.30. The van der Waals surface area contributed by atoms with Gasteiger partial charge in [0, 0.05) is 18.0 Å². The van der Waals surface area contributed by atoms with Crippen LogP contribution < -0.4 is 10.1 Å². The van der Waals surface area contributed by atoms with Gasteiger partial charge >= 0.3 is 0 Å². The van der Waals surface area contributed by atoms with Crippen molar-refractivity contribution in [1.29, 1.82) is 0 Å². The van der Waals surface area contributed by atoms with E-state index < -0.39 is 0 Å². The van der Waals surface area contributed by atoms with Gasteiger partial charge in [0.15, 0.2) is 5.78 Å². The highest BCUT2D eigenvalue weighted by atomic mass is 16.5. The minimum absolute atomic E-state index is 0.208. The van der Waals surface area contributed by atoms with Crippen molar-refractivity contribution in [2.45, 2.75) is 58.4 Å². The predicted octanol–water partition coefficient (Wildman–Crippen LogP) is 4.67. The molecule has 0 saturated heterocycles. The number of nitrogens with one attached hydrogen (secondary N) is 1. The summed E-state index contributed by atoms with van der Waals surface area (Å²) in [6, 6.07) is 6.23. The number of ketones is 1. The molecular weight excluding hydrogens is 262 g/mol. The summed E-state index contributed by atoms with van der Waals surface area (Å²) in [5.74, 6) is 1.41. The molecule has 0 bridgehead atoms. The summed E-state index contributed by atoms with van der Waals surface area (Å²) in [5.41, 5.74) is 1.74. The van der Waals surface area contributed by atoms with Gasteiger partial charge in [0.1, 0.15) is 5.75 Å². The van der Waals surface area contributed by atoms with Crippen LogP contribution >= 0.6 is 0 Å². The van der Waals surface area contributed by atoms with Gasteiger partial charge in [-0.25, -0.2) is 0 Å². The van der Waals surface area contributed by atoms with E-state index in [0.717, 1.165) is 17.0 Å². The third-order valence-electron chi connectivity index (χ3n) is 4.08. The number of methoxy groups -OCH3 is 1. The number of Topliss-reactive ketones (excluding diaryl/α,β-unsaturated/α-hetero) is 1. The molecule has 1 saturated carbocycles. The molecule has 0 amide bonds. The average molecular weight is 289 g/mol. The van der Waals surface area contributed by atoms with Crippen LogP contribution in [0.2, 0.25) is 0 Å². The minimum atomic E-state index is 0.208. The molecule has 0 aromatic heterocycles. The molecule has 0 spiro atoms. The molecule has 0 heterocycles. The van der Waals surface area contributed by atoms with E-state index in [1.54, 1.807) is 7.11 Å². The topological polar surface area (TPSA) is 38.3 Å². The minimum Gasteiger partial charge on any atom is -0.495 e. The first-order valence-electron chi connectivity index (χ1n) is 8.08. The van der Waals surface area contributed by atoms with Crippen LogP contribution in [0.3, 0.4) is 0 Å². The molecule has 1 aromatic carbocycles. The van der Waals surface area contributed by atoms with E-state index in [-0.39, 0.29) is 5.78 Å². The van der Waals surface area contributed by atoms with Crippen LogP contribution in [0, 0.1) is 5.92 Å². The van der Waals surface area contributed by atoms with Gasteiger partial charge in [0.25, 0.3) is 0 Å². The molecule has 2 rings (SSSR count). The van der Waals surface area contributed by atoms with Crippen molar-refractivity contribution in [1.82, 2.24) is 0 Å². The first-order valence-corrected chi connectivity index (χ1v) is 8.08. The Labute approximate surface area is 128 Å². The SMILES string of the molecule is COc1ccc(C(=O)CC(C)C)cc1NC1CCCCC1. The third kappa shape index (κ3) is 4.48. The van der Waals surface area contributed by atoms with Crippen molar-refractivity contribution >= 4 is 11.5 Å². The molecular formula is C18H27NO2. The molecule has 1 aromatic rings. The number of anilines is 1. The lowest BCUT2D eigenvalue weighted by atomic mass is 9.95. The van der Waals surface area contributed by atoms with Crippen molar-refractivity contribution in [2.24, 2.45) is 5.92 Å². The Morgan fingerprint density at radius 1 is 1.29 bits per heavy atom. The first kappa shape index (κ1) is 15.9. The van der Waals surface area contributed by atoms with E-state index >= 15 is 0 Å². The normalized spacial score (nSPS) is 16.0. The lowest BCUT2D eigenvalue weighted by molar-refractivity contribution is 0.0968. The maximum atomic E-state index is 12.2. The van der Waals surface area contributed by atoms with E-state index in [1.165, 1.54) is 32.1 Å². The summed E-state index contributed by atoms with van der Waals surface area (Å²) < 4.78 is 5.43. The van der Waals surface area contributed by atoms with Crippen molar-refractivity contribution < 1.29 is 9.53 Å². The molecule has 1 aliphatic carbocycles. The van der Waals surface area contributed by atoms with Crippen LogP contribution in [-0.4, -0.2) is 18.9 Å². The van der Waals surface area contributed by atoms with Crippen molar-refractivity contribution in [3.05, 3.63) is 23.8 Å². The molecule has 116 valence electrons.